The van der Waals surface area contributed by atoms with Crippen molar-refractivity contribution >= 4 is 38.9 Å². The number of nitrogens with zero attached hydrogens (tertiary/aromatic N) is 2. The van der Waals surface area contributed by atoms with Crippen LogP contribution in [0.3, 0.4) is 0 Å². The van der Waals surface area contributed by atoms with Crippen LogP contribution >= 0.6 is 27.3 Å². The quantitative estimate of drug-likeness (QED) is 0.678. The fourth-order valence-electron chi connectivity index (χ4n) is 1.60. The molecule has 6 heteroatoms. The van der Waals surface area contributed by atoms with Gasteiger partial charge in [-0.3, -0.25) is 4.79 Å². The highest BCUT2D eigenvalue weighted by atomic mass is 79.9. The summed E-state index contributed by atoms with van der Waals surface area (Å²) >= 11 is 4.92. The highest BCUT2D eigenvalue weighted by Crippen LogP contribution is 2.11. The molecule has 1 aromatic heterocycles. The third kappa shape index (κ3) is 4.25. The number of nitrogens with one attached hydrogen (secondary N) is 1. The molecule has 1 heterocycles. The summed E-state index contributed by atoms with van der Waals surface area (Å²) in [5.41, 5.74) is 5.07. The van der Waals surface area contributed by atoms with Crippen molar-refractivity contribution in [2.75, 3.05) is 0 Å². The van der Waals surface area contributed by atoms with E-state index < -0.39 is 0 Å². The molecule has 0 aliphatic carbocycles. The third-order valence-corrected chi connectivity index (χ3v) is 3.97. The average Bonchev–Trinajstić information content (AvgIpc) is 2.82. The number of thiazole rings is 1. The van der Waals surface area contributed by atoms with Gasteiger partial charge in [0.05, 0.1) is 22.8 Å². The van der Waals surface area contributed by atoms with Crippen LogP contribution in [0.15, 0.2) is 39.2 Å². The molecule has 1 aromatic carbocycles. The summed E-state index contributed by atoms with van der Waals surface area (Å²) < 4.78 is 1.01. The number of hydrazone groups is 1. The van der Waals surface area contributed by atoms with Gasteiger partial charge in [0, 0.05) is 9.85 Å². The number of carbonyl (C=O) groups excluding carboxylic acids is 1. The number of amides is 1. The van der Waals surface area contributed by atoms with Crippen LogP contribution in [-0.4, -0.2) is 16.6 Å². The first-order valence-electron chi connectivity index (χ1n) is 6.04. The van der Waals surface area contributed by atoms with E-state index in [9.17, 15) is 4.79 Å². The second-order valence-electron chi connectivity index (χ2n) is 4.27. The minimum atomic E-state index is -0.160. The highest BCUT2D eigenvalue weighted by molar-refractivity contribution is 9.10. The van der Waals surface area contributed by atoms with Gasteiger partial charge in [-0.25, -0.2) is 10.4 Å². The number of benzene rings is 1. The summed E-state index contributed by atoms with van der Waals surface area (Å²) in [5.74, 6) is -0.160. The lowest BCUT2D eigenvalue weighted by Gasteiger charge is -2.02. The molecule has 0 bridgehead atoms. The summed E-state index contributed by atoms with van der Waals surface area (Å²) in [4.78, 5) is 16.0. The van der Waals surface area contributed by atoms with Gasteiger partial charge in [-0.2, -0.15) is 5.10 Å². The van der Waals surface area contributed by atoms with Crippen molar-refractivity contribution < 1.29 is 4.79 Å². The molecule has 0 spiro atoms. The Morgan fingerprint density at radius 2 is 2.10 bits per heavy atom. The van der Waals surface area contributed by atoms with Gasteiger partial charge in [-0.05, 0) is 31.5 Å². The van der Waals surface area contributed by atoms with Gasteiger partial charge in [0.15, 0.2) is 0 Å². The Bertz CT molecular complexity index is 634. The smallest absolute Gasteiger partial charge is 0.246 e. The van der Waals surface area contributed by atoms with Crippen LogP contribution in [0.1, 0.15) is 23.2 Å². The molecule has 2 rings (SSSR count). The van der Waals surface area contributed by atoms with Crippen LogP contribution in [0.4, 0.5) is 0 Å². The first-order valence-corrected chi connectivity index (χ1v) is 7.72. The fraction of sp³-hybridized carbons (Fsp3) is 0.214. The van der Waals surface area contributed by atoms with E-state index in [2.05, 4.69) is 31.4 Å². The maximum Gasteiger partial charge on any atom is 0.246 e. The van der Waals surface area contributed by atoms with Crippen LogP contribution < -0.4 is 5.43 Å². The Hall–Kier alpha value is -1.53. The zero-order chi connectivity index (χ0) is 14.5. The van der Waals surface area contributed by atoms with E-state index in [1.807, 2.05) is 43.5 Å². The molecular formula is C14H14BrN3OS. The van der Waals surface area contributed by atoms with Crippen LogP contribution in [0, 0.1) is 6.92 Å². The Kier molecular flexibility index (Phi) is 5.03. The molecule has 0 fully saturated rings. The van der Waals surface area contributed by atoms with Crippen molar-refractivity contribution in [3.63, 3.8) is 0 Å². The number of carbonyl (C=O) groups is 1. The summed E-state index contributed by atoms with van der Waals surface area (Å²) in [6, 6.07) is 7.76. The average molecular weight is 352 g/mol. The van der Waals surface area contributed by atoms with Gasteiger partial charge in [0.2, 0.25) is 5.91 Å². The van der Waals surface area contributed by atoms with Crippen LogP contribution in [0.25, 0.3) is 0 Å². The maximum atomic E-state index is 11.8. The molecule has 104 valence electrons. The zero-order valence-corrected chi connectivity index (χ0v) is 13.6. The summed E-state index contributed by atoms with van der Waals surface area (Å²) in [6.45, 7) is 3.78. The van der Waals surface area contributed by atoms with Crippen molar-refractivity contribution in [3.8, 4) is 0 Å². The van der Waals surface area contributed by atoms with E-state index in [1.165, 1.54) is 11.3 Å². The Balaban J connectivity index is 1.94. The minimum Gasteiger partial charge on any atom is -0.273 e. The van der Waals surface area contributed by atoms with Gasteiger partial charge >= 0.3 is 0 Å². The molecule has 20 heavy (non-hydrogen) atoms. The van der Waals surface area contributed by atoms with Crippen LogP contribution in [0.2, 0.25) is 0 Å². The molecule has 0 saturated carbocycles. The van der Waals surface area contributed by atoms with Crippen molar-refractivity contribution in [2.45, 2.75) is 20.3 Å². The fourth-order valence-corrected chi connectivity index (χ4v) is 2.47. The molecule has 1 N–H and O–H groups in total. The Labute approximate surface area is 130 Å². The van der Waals surface area contributed by atoms with Gasteiger partial charge in [-0.15, -0.1) is 11.3 Å². The molecule has 0 saturated heterocycles. The molecule has 0 radical (unpaired) electrons. The zero-order valence-electron chi connectivity index (χ0n) is 11.2. The number of halogens is 1. The molecule has 2 aromatic rings. The SMILES string of the molecule is C/C(=N/NC(=O)Cc1csc(C)n1)c1ccc(Br)cc1. The van der Waals surface area contributed by atoms with Crippen molar-refractivity contribution in [1.29, 1.82) is 0 Å². The molecule has 0 unspecified atom stereocenters. The Morgan fingerprint density at radius 1 is 1.40 bits per heavy atom. The number of rotatable bonds is 4. The highest BCUT2D eigenvalue weighted by Gasteiger charge is 2.06. The van der Waals surface area contributed by atoms with E-state index in [0.717, 1.165) is 26.4 Å². The van der Waals surface area contributed by atoms with E-state index in [0.29, 0.717) is 0 Å². The van der Waals surface area contributed by atoms with E-state index in [-0.39, 0.29) is 12.3 Å². The number of aromatic nitrogens is 1. The number of hydrogen-bond donors (Lipinski definition) is 1. The lowest BCUT2D eigenvalue weighted by Crippen LogP contribution is -2.21. The normalized spacial score (nSPS) is 11.4. The summed E-state index contributed by atoms with van der Waals surface area (Å²) in [6.07, 6.45) is 0.251. The lowest BCUT2D eigenvalue weighted by atomic mass is 10.1. The maximum absolute atomic E-state index is 11.8. The van der Waals surface area contributed by atoms with Gasteiger partial charge < -0.3 is 0 Å². The molecule has 0 atom stereocenters. The van der Waals surface area contributed by atoms with Crippen molar-refractivity contribution in [2.24, 2.45) is 5.10 Å². The Morgan fingerprint density at radius 3 is 2.70 bits per heavy atom. The first-order chi connectivity index (χ1) is 9.54. The van der Waals surface area contributed by atoms with Gasteiger partial charge in [-0.1, -0.05) is 28.1 Å². The summed E-state index contributed by atoms with van der Waals surface area (Å²) in [5, 5.41) is 6.95. The monoisotopic (exact) mass is 351 g/mol. The predicted octanol–water partition coefficient (Wildman–Crippen LogP) is 3.30. The van der Waals surface area contributed by atoms with Crippen molar-refractivity contribution in [3.05, 3.63) is 50.4 Å². The topological polar surface area (TPSA) is 54.4 Å². The largest absolute Gasteiger partial charge is 0.273 e. The van der Waals surface area contributed by atoms with Crippen LogP contribution in [-0.2, 0) is 11.2 Å². The van der Waals surface area contributed by atoms with E-state index in [1.54, 1.807) is 0 Å². The first kappa shape index (κ1) is 14.9. The minimum absolute atomic E-state index is 0.160. The van der Waals surface area contributed by atoms with E-state index in [4.69, 9.17) is 0 Å². The number of aryl methyl sites for hydroxylation is 1. The number of hydrogen-bond acceptors (Lipinski definition) is 4. The molecular weight excluding hydrogens is 338 g/mol. The molecule has 4 nitrogen and oxygen atoms in total. The molecule has 0 aliphatic rings. The lowest BCUT2D eigenvalue weighted by molar-refractivity contribution is -0.120. The van der Waals surface area contributed by atoms with Crippen molar-refractivity contribution in [1.82, 2.24) is 10.4 Å². The van der Waals surface area contributed by atoms with Gasteiger partial charge in [0.25, 0.3) is 0 Å². The molecule has 1 amide bonds. The standard InChI is InChI=1S/C14H14BrN3OS/c1-9(11-3-5-12(15)6-4-11)17-18-14(19)7-13-8-20-10(2)16-13/h3-6,8H,7H2,1-2H3,(H,18,19)/b17-9-. The second-order valence-corrected chi connectivity index (χ2v) is 6.25. The predicted molar refractivity (Wildman–Crippen MR) is 85.1 cm³/mol. The van der Waals surface area contributed by atoms with Crippen LogP contribution in [0.5, 0.6) is 0 Å². The van der Waals surface area contributed by atoms with E-state index >= 15 is 0 Å². The molecule has 0 aliphatic heterocycles. The van der Waals surface area contributed by atoms with Gasteiger partial charge in [0.1, 0.15) is 0 Å². The second kappa shape index (κ2) is 6.76. The third-order valence-electron chi connectivity index (χ3n) is 2.62. The summed E-state index contributed by atoms with van der Waals surface area (Å²) in [7, 11) is 0.